The Morgan fingerprint density at radius 2 is 2.18 bits per heavy atom. The Hall–Kier alpha value is -2.30. The Bertz CT molecular complexity index is 482. The smallest absolute Gasteiger partial charge is 0.139 e. The van der Waals surface area contributed by atoms with Crippen LogP contribution in [0.15, 0.2) is 53.9 Å². The number of hydrogen-bond acceptors (Lipinski definition) is 5. The molecule has 2 rings (SSSR count). The monoisotopic (exact) mass is 231 g/mol. The molecule has 0 aromatic heterocycles. The van der Waals surface area contributed by atoms with Gasteiger partial charge in [-0.15, -0.1) is 4.91 Å². The van der Waals surface area contributed by atoms with Gasteiger partial charge in [0, 0.05) is 25.5 Å². The molecule has 17 heavy (non-hydrogen) atoms. The van der Waals surface area contributed by atoms with E-state index in [4.69, 9.17) is 4.74 Å². The highest BCUT2D eigenvalue weighted by Crippen LogP contribution is 2.28. The lowest BCUT2D eigenvalue weighted by atomic mass is 10.3. The molecule has 0 saturated heterocycles. The van der Waals surface area contributed by atoms with Crippen molar-refractivity contribution in [2.75, 3.05) is 19.1 Å². The molecule has 1 heterocycles. The molecule has 0 saturated carbocycles. The first-order valence-corrected chi connectivity index (χ1v) is 5.13. The van der Waals surface area contributed by atoms with Crippen molar-refractivity contribution in [2.24, 2.45) is 5.18 Å². The van der Waals surface area contributed by atoms with Crippen molar-refractivity contribution in [3.63, 3.8) is 0 Å². The maximum atomic E-state index is 10.4. The van der Waals surface area contributed by atoms with Gasteiger partial charge in [-0.25, -0.2) is 0 Å². The van der Waals surface area contributed by atoms with Crippen LogP contribution in [0, 0.1) is 4.91 Å². The zero-order valence-corrected chi connectivity index (χ0v) is 9.70. The van der Waals surface area contributed by atoms with Gasteiger partial charge in [0.2, 0.25) is 0 Å². The maximum absolute atomic E-state index is 10.4. The molecule has 5 heteroatoms. The Kier molecular flexibility index (Phi) is 3.09. The zero-order chi connectivity index (χ0) is 12.3. The van der Waals surface area contributed by atoms with Gasteiger partial charge in [0.05, 0.1) is 12.8 Å². The first kappa shape index (κ1) is 11.2. The van der Waals surface area contributed by atoms with Crippen LogP contribution in [0.3, 0.4) is 0 Å². The molecule has 0 amide bonds. The first-order valence-electron chi connectivity index (χ1n) is 5.13. The van der Waals surface area contributed by atoms with Gasteiger partial charge in [-0.3, -0.25) is 0 Å². The topological polar surface area (TPSA) is 45.1 Å². The maximum Gasteiger partial charge on any atom is 0.139 e. The Morgan fingerprint density at radius 3 is 2.88 bits per heavy atom. The molecular weight excluding hydrogens is 218 g/mol. The SMILES string of the molecule is COc1cccc(N2C=CN(C)C2=CN=O)c1. The summed E-state index contributed by atoms with van der Waals surface area (Å²) in [4.78, 5) is 14.1. The van der Waals surface area contributed by atoms with E-state index in [1.54, 1.807) is 7.11 Å². The Morgan fingerprint density at radius 1 is 1.35 bits per heavy atom. The molecule has 0 fully saturated rings. The number of nitroso groups, excluding NO2 is 1. The van der Waals surface area contributed by atoms with E-state index in [9.17, 15) is 4.91 Å². The van der Waals surface area contributed by atoms with Gasteiger partial charge in [0.15, 0.2) is 0 Å². The minimum Gasteiger partial charge on any atom is -0.497 e. The summed E-state index contributed by atoms with van der Waals surface area (Å²) >= 11 is 0. The molecule has 1 aliphatic heterocycles. The van der Waals surface area contributed by atoms with Crippen LogP contribution in [0.5, 0.6) is 5.75 Å². The molecule has 0 spiro atoms. The lowest BCUT2D eigenvalue weighted by molar-refractivity contribution is 0.415. The molecule has 0 bridgehead atoms. The highest BCUT2D eigenvalue weighted by atomic mass is 16.5. The number of rotatable bonds is 3. The van der Waals surface area contributed by atoms with Crippen LogP contribution in [0.1, 0.15) is 0 Å². The second kappa shape index (κ2) is 4.69. The van der Waals surface area contributed by atoms with Crippen LogP contribution in [0.4, 0.5) is 5.69 Å². The summed E-state index contributed by atoms with van der Waals surface area (Å²) in [6, 6.07) is 7.59. The van der Waals surface area contributed by atoms with Crippen LogP contribution in [0.2, 0.25) is 0 Å². The van der Waals surface area contributed by atoms with Crippen molar-refractivity contribution < 1.29 is 4.74 Å². The largest absolute Gasteiger partial charge is 0.497 e. The normalized spacial score (nSPS) is 16.7. The molecule has 5 nitrogen and oxygen atoms in total. The number of nitrogens with zero attached hydrogens (tertiary/aromatic N) is 3. The first-order chi connectivity index (χ1) is 8.26. The summed E-state index contributed by atoms with van der Waals surface area (Å²) in [5.74, 6) is 1.47. The molecule has 1 aromatic carbocycles. The van der Waals surface area contributed by atoms with E-state index in [1.165, 1.54) is 6.20 Å². The predicted molar refractivity (Wildman–Crippen MR) is 66.3 cm³/mol. The van der Waals surface area contributed by atoms with Gasteiger partial charge in [0.25, 0.3) is 0 Å². The van der Waals surface area contributed by atoms with E-state index in [0.29, 0.717) is 5.82 Å². The summed E-state index contributed by atoms with van der Waals surface area (Å²) in [7, 11) is 3.47. The average Bonchev–Trinajstić information content (AvgIpc) is 2.72. The summed E-state index contributed by atoms with van der Waals surface area (Å²) in [5, 5.41) is 2.82. The van der Waals surface area contributed by atoms with Crippen molar-refractivity contribution in [2.45, 2.75) is 0 Å². The second-order valence-corrected chi connectivity index (χ2v) is 3.57. The average molecular weight is 231 g/mol. The third kappa shape index (κ3) is 2.13. The van der Waals surface area contributed by atoms with Gasteiger partial charge in [0.1, 0.15) is 17.8 Å². The van der Waals surface area contributed by atoms with E-state index in [2.05, 4.69) is 5.18 Å². The van der Waals surface area contributed by atoms with Gasteiger partial charge in [-0.2, -0.15) is 0 Å². The van der Waals surface area contributed by atoms with Crippen LogP contribution >= 0.6 is 0 Å². The standard InChI is InChI=1S/C12H13N3O2/c1-14-6-7-15(12(14)9-13-16)10-4-3-5-11(8-10)17-2/h3-9H,1-2H3. The third-order valence-electron chi connectivity index (χ3n) is 2.55. The number of hydrogen-bond donors (Lipinski definition) is 0. The lowest BCUT2D eigenvalue weighted by Crippen LogP contribution is -2.19. The van der Waals surface area contributed by atoms with E-state index in [0.717, 1.165) is 11.4 Å². The number of ether oxygens (including phenoxy) is 1. The fourth-order valence-corrected chi connectivity index (χ4v) is 1.67. The summed E-state index contributed by atoms with van der Waals surface area (Å²) in [6.45, 7) is 0. The van der Waals surface area contributed by atoms with Crippen molar-refractivity contribution in [3.8, 4) is 5.75 Å². The predicted octanol–water partition coefficient (Wildman–Crippen LogP) is 2.48. The number of methoxy groups -OCH3 is 1. The van der Waals surface area contributed by atoms with E-state index in [1.807, 2.05) is 53.5 Å². The summed E-state index contributed by atoms with van der Waals surface area (Å²) in [6.07, 6.45) is 5.00. The summed E-state index contributed by atoms with van der Waals surface area (Å²) in [5.41, 5.74) is 0.917. The molecule has 0 atom stereocenters. The van der Waals surface area contributed by atoms with Crippen molar-refractivity contribution in [1.29, 1.82) is 0 Å². The number of anilines is 1. The Labute approximate surface area is 99.6 Å². The van der Waals surface area contributed by atoms with Crippen molar-refractivity contribution in [1.82, 2.24) is 4.90 Å². The fraction of sp³-hybridized carbons (Fsp3) is 0.167. The van der Waals surface area contributed by atoms with E-state index >= 15 is 0 Å². The lowest BCUT2D eigenvalue weighted by Gasteiger charge is -2.21. The molecule has 0 radical (unpaired) electrons. The van der Waals surface area contributed by atoms with Crippen LogP contribution in [-0.4, -0.2) is 19.1 Å². The van der Waals surface area contributed by atoms with Crippen LogP contribution < -0.4 is 9.64 Å². The van der Waals surface area contributed by atoms with Gasteiger partial charge >= 0.3 is 0 Å². The van der Waals surface area contributed by atoms with E-state index in [-0.39, 0.29) is 0 Å². The minimum atomic E-state index is 0.702. The fourth-order valence-electron chi connectivity index (χ4n) is 1.67. The van der Waals surface area contributed by atoms with Gasteiger partial charge in [-0.1, -0.05) is 6.07 Å². The molecule has 88 valence electrons. The molecule has 1 aliphatic rings. The number of benzene rings is 1. The van der Waals surface area contributed by atoms with Crippen molar-refractivity contribution >= 4 is 5.69 Å². The second-order valence-electron chi connectivity index (χ2n) is 3.57. The van der Waals surface area contributed by atoms with E-state index < -0.39 is 0 Å². The molecule has 0 unspecified atom stereocenters. The van der Waals surface area contributed by atoms with Crippen molar-refractivity contribution in [3.05, 3.63) is 53.6 Å². The minimum absolute atomic E-state index is 0.702. The molecule has 1 aromatic rings. The zero-order valence-electron chi connectivity index (χ0n) is 9.70. The highest BCUT2D eigenvalue weighted by Gasteiger charge is 2.18. The quantitative estimate of drug-likeness (QED) is 0.750. The summed E-state index contributed by atoms with van der Waals surface area (Å²) < 4.78 is 5.17. The van der Waals surface area contributed by atoms with Gasteiger partial charge in [-0.05, 0) is 17.3 Å². The molecular formula is C12H13N3O2. The third-order valence-corrected chi connectivity index (χ3v) is 2.55. The Balaban J connectivity index is 2.36. The molecule has 0 aliphatic carbocycles. The van der Waals surface area contributed by atoms with Crippen LogP contribution in [-0.2, 0) is 0 Å². The molecule has 0 N–H and O–H groups in total. The van der Waals surface area contributed by atoms with Gasteiger partial charge < -0.3 is 14.5 Å². The van der Waals surface area contributed by atoms with Crippen LogP contribution in [0.25, 0.3) is 0 Å². The highest BCUT2D eigenvalue weighted by molar-refractivity contribution is 5.59.